The van der Waals surface area contributed by atoms with Gasteiger partial charge in [-0.1, -0.05) is 61.9 Å². The van der Waals surface area contributed by atoms with Gasteiger partial charge in [-0.25, -0.2) is 5.43 Å². The highest BCUT2D eigenvalue weighted by molar-refractivity contribution is 9.10. The maximum Gasteiger partial charge on any atom is 0.262 e. The minimum Gasteiger partial charge on any atom is -0.488 e. The molecule has 200 valence electrons. The van der Waals surface area contributed by atoms with Crippen molar-refractivity contribution in [2.45, 2.75) is 46.8 Å². The monoisotopic (exact) mass is 579 g/mol. The van der Waals surface area contributed by atoms with Crippen molar-refractivity contribution < 1.29 is 19.1 Å². The lowest BCUT2D eigenvalue weighted by atomic mass is 10.0. The second-order valence-electron chi connectivity index (χ2n) is 9.50. The predicted molar refractivity (Wildman–Crippen MR) is 153 cm³/mol. The zero-order chi connectivity index (χ0) is 27.5. The first-order chi connectivity index (χ1) is 18.2. The number of hydrogen-bond donors (Lipinski definition) is 2. The molecular weight excluding hydrogens is 546 g/mol. The van der Waals surface area contributed by atoms with Gasteiger partial charge in [0.15, 0.2) is 6.61 Å². The van der Waals surface area contributed by atoms with Crippen LogP contribution in [0.15, 0.2) is 76.3 Å². The Labute approximate surface area is 232 Å². The Balaban J connectivity index is 1.53. The van der Waals surface area contributed by atoms with Gasteiger partial charge in [-0.15, -0.1) is 0 Å². The van der Waals surface area contributed by atoms with Crippen molar-refractivity contribution in [3.05, 3.63) is 93.5 Å². The third-order valence-corrected chi connectivity index (χ3v) is 6.29. The Hall–Kier alpha value is -3.65. The molecule has 0 fully saturated rings. The Morgan fingerprint density at radius 2 is 1.71 bits per heavy atom. The van der Waals surface area contributed by atoms with E-state index >= 15 is 0 Å². The average molecular weight is 581 g/mol. The molecule has 7 nitrogen and oxygen atoms in total. The Kier molecular flexibility index (Phi) is 10.9. The van der Waals surface area contributed by atoms with Gasteiger partial charge in [-0.2, -0.15) is 5.10 Å². The lowest BCUT2D eigenvalue weighted by Gasteiger charge is -2.19. The summed E-state index contributed by atoms with van der Waals surface area (Å²) in [6.45, 7) is 8.21. The van der Waals surface area contributed by atoms with Gasteiger partial charge in [0.2, 0.25) is 0 Å². The molecule has 0 aliphatic heterocycles. The van der Waals surface area contributed by atoms with Crippen LogP contribution in [0.1, 0.15) is 42.5 Å². The maximum atomic E-state index is 12.8. The van der Waals surface area contributed by atoms with E-state index in [1.54, 1.807) is 12.3 Å². The number of hydrazone groups is 1. The van der Waals surface area contributed by atoms with Crippen molar-refractivity contribution in [3.63, 3.8) is 0 Å². The number of ether oxygens (including phenoxy) is 2. The van der Waals surface area contributed by atoms with Crippen LogP contribution >= 0.6 is 15.9 Å². The van der Waals surface area contributed by atoms with E-state index < -0.39 is 11.9 Å². The summed E-state index contributed by atoms with van der Waals surface area (Å²) in [5.74, 6) is 0.768. The van der Waals surface area contributed by atoms with E-state index in [2.05, 4.69) is 43.9 Å². The fourth-order valence-corrected chi connectivity index (χ4v) is 4.12. The molecule has 0 bridgehead atoms. The second kappa shape index (κ2) is 14.3. The number of aryl methyl sites for hydroxylation is 2. The van der Waals surface area contributed by atoms with Crippen molar-refractivity contribution in [1.29, 1.82) is 0 Å². The van der Waals surface area contributed by atoms with Crippen molar-refractivity contribution in [3.8, 4) is 11.5 Å². The molecule has 0 aliphatic carbocycles. The fourth-order valence-electron chi connectivity index (χ4n) is 3.61. The van der Waals surface area contributed by atoms with Crippen LogP contribution in [0.5, 0.6) is 11.5 Å². The van der Waals surface area contributed by atoms with Crippen molar-refractivity contribution in [2.24, 2.45) is 11.0 Å². The summed E-state index contributed by atoms with van der Waals surface area (Å²) in [4.78, 5) is 25.3. The van der Waals surface area contributed by atoms with E-state index in [4.69, 9.17) is 9.47 Å². The number of rotatable bonds is 12. The predicted octanol–water partition coefficient (Wildman–Crippen LogP) is 5.70. The minimum atomic E-state index is -0.732. The molecule has 0 heterocycles. The van der Waals surface area contributed by atoms with Crippen LogP contribution in [0.3, 0.4) is 0 Å². The highest BCUT2D eigenvalue weighted by atomic mass is 79.9. The summed E-state index contributed by atoms with van der Waals surface area (Å²) in [7, 11) is 0. The molecular formula is C30H34BrN3O4. The van der Waals surface area contributed by atoms with E-state index in [0.29, 0.717) is 24.5 Å². The number of benzene rings is 3. The molecule has 38 heavy (non-hydrogen) atoms. The standard InChI is InChI=1S/C30H34BrN3O4/c1-20(2)15-26(33-29(35)19-38-27-8-6-5-7-22(27)4)30(36)34-32-17-24-13-14-28(25(31)16-24)37-18-23-11-9-21(3)10-12-23/h5-14,16-17,20,26H,15,18-19H2,1-4H3,(H,33,35)(H,34,36)/b32-17-/t26-/m0/s1. The highest BCUT2D eigenvalue weighted by Crippen LogP contribution is 2.26. The van der Waals surface area contributed by atoms with Crippen molar-refractivity contribution in [2.75, 3.05) is 6.61 Å². The van der Waals surface area contributed by atoms with E-state index in [1.165, 1.54) is 5.56 Å². The zero-order valence-corrected chi connectivity index (χ0v) is 23.7. The largest absolute Gasteiger partial charge is 0.488 e. The molecule has 0 unspecified atom stereocenters. The number of hydrogen-bond acceptors (Lipinski definition) is 5. The molecule has 0 spiro atoms. The number of halogens is 1. The number of nitrogens with one attached hydrogen (secondary N) is 2. The van der Waals surface area contributed by atoms with Gasteiger partial charge in [0.05, 0.1) is 10.7 Å². The lowest BCUT2D eigenvalue weighted by molar-refractivity contribution is -0.130. The summed E-state index contributed by atoms with van der Waals surface area (Å²) < 4.78 is 12.3. The summed E-state index contributed by atoms with van der Waals surface area (Å²) in [6, 6.07) is 20.5. The molecule has 0 saturated carbocycles. The van der Waals surface area contributed by atoms with Crippen molar-refractivity contribution >= 4 is 34.0 Å². The topological polar surface area (TPSA) is 89.0 Å². The first kappa shape index (κ1) is 28.9. The van der Waals surface area contributed by atoms with Gasteiger partial charge < -0.3 is 14.8 Å². The number of carbonyl (C=O) groups is 2. The molecule has 0 saturated heterocycles. The number of carbonyl (C=O) groups excluding carboxylic acids is 2. The minimum absolute atomic E-state index is 0.178. The van der Waals surface area contributed by atoms with Crippen LogP contribution < -0.4 is 20.2 Å². The normalized spacial score (nSPS) is 11.8. The Morgan fingerprint density at radius 1 is 0.974 bits per heavy atom. The Bertz CT molecular complexity index is 1260. The molecule has 0 aromatic heterocycles. The van der Waals surface area contributed by atoms with Gasteiger partial charge >= 0.3 is 0 Å². The van der Waals surface area contributed by atoms with E-state index in [-0.39, 0.29) is 18.4 Å². The number of nitrogens with zero attached hydrogens (tertiary/aromatic N) is 1. The number of para-hydroxylation sites is 1. The SMILES string of the molecule is Cc1ccc(COc2ccc(/C=N\NC(=O)[C@H](CC(C)C)NC(=O)COc3ccccc3C)cc2Br)cc1. The smallest absolute Gasteiger partial charge is 0.262 e. The van der Waals surface area contributed by atoms with E-state index in [9.17, 15) is 9.59 Å². The molecule has 3 aromatic rings. The zero-order valence-electron chi connectivity index (χ0n) is 22.2. The van der Waals surface area contributed by atoms with Crippen LogP contribution in [0.2, 0.25) is 0 Å². The molecule has 3 rings (SSSR count). The molecule has 3 aromatic carbocycles. The van der Waals surface area contributed by atoms with Gasteiger partial charge in [-0.05, 0) is 83.1 Å². The molecule has 1 atom stereocenters. The van der Waals surface area contributed by atoms with E-state index in [0.717, 1.165) is 21.2 Å². The fraction of sp³-hybridized carbons (Fsp3) is 0.300. The van der Waals surface area contributed by atoms with Crippen LogP contribution in [-0.4, -0.2) is 30.7 Å². The summed E-state index contributed by atoms with van der Waals surface area (Å²) >= 11 is 3.53. The summed E-state index contributed by atoms with van der Waals surface area (Å²) in [6.07, 6.45) is 2.01. The molecule has 2 N–H and O–H groups in total. The molecule has 0 aliphatic rings. The van der Waals surface area contributed by atoms with Crippen LogP contribution in [0, 0.1) is 19.8 Å². The lowest BCUT2D eigenvalue weighted by Crippen LogP contribution is -2.47. The van der Waals surface area contributed by atoms with Gasteiger partial charge in [0.1, 0.15) is 24.1 Å². The van der Waals surface area contributed by atoms with Crippen LogP contribution in [-0.2, 0) is 16.2 Å². The third kappa shape index (κ3) is 9.34. The van der Waals surface area contributed by atoms with Gasteiger partial charge in [0.25, 0.3) is 11.8 Å². The first-order valence-electron chi connectivity index (χ1n) is 12.5. The van der Waals surface area contributed by atoms with Crippen LogP contribution in [0.4, 0.5) is 0 Å². The van der Waals surface area contributed by atoms with Gasteiger partial charge in [-0.3, -0.25) is 9.59 Å². The number of amides is 2. The first-order valence-corrected chi connectivity index (χ1v) is 13.3. The van der Waals surface area contributed by atoms with Crippen molar-refractivity contribution in [1.82, 2.24) is 10.7 Å². The van der Waals surface area contributed by atoms with Crippen LogP contribution in [0.25, 0.3) is 0 Å². The van der Waals surface area contributed by atoms with E-state index in [1.807, 2.05) is 76.2 Å². The summed E-state index contributed by atoms with van der Waals surface area (Å²) in [5, 5.41) is 6.85. The maximum absolute atomic E-state index is 12.8. The molecule has 8 heteroatoms. The Morgan fingerprint density at radius 3 is 2.39 bits per heavy atom. The molecule has 0 radical (unpaired) electrons. The second-order valence-corrected chi connectivity index (χ2v) is 10.4. The summed E-state index contributed by atoms with van der Waals surface area (Å²) in [5.41, 5.74) is 6.53. The quantitative estimate of drug-likeness (QED) is 0.212. The average Bonchev–Trinajstić information content (AvgIpc) is 2.88. The molecule has 2 amide bonds. The highest BCUT2D eigenvalue weighted by Gasteiger charge is 2.22. The van der Waals surface area contributed by atoms with Gasteiger partial charge in [0, 0.05) is 0 Å². The third-order valence-electron chi connectivity index (χ3n) is 5.67.